The van der Waals surface area contributed by atoms with E-state index in [1.165, 1.54) is 16.4 Å². The predicted molar refractivity (Wildman–Crippen MR) is 77.1 cm³/mol. The summed E-state index contributed by atoms with van der Waals surface area (Å²) >= 11 is 0. The highest BCUT2D eigenvalue weighted by molar-refractivity contribution is 7.90. The van der Waals surface area contributed by atoms with Crippen LogP contribution in [0.2, 0.25) is 0 Å². The largest absolute Gasteiger partial charge is 0.329 e. The number of aryl methyl sites for hydroxylation is 1. The molecule has 5 nitrogen and oxygen atoms in total. The van der Waals surface area contributed by atoms with Crippen molar-refractivity contribution in [2.24, 2.45) is 5.73 Å². The lowest BCUT2D eigenvalue weighted by molar-refractivity contribution is 0.259. The highest BCUT2D eigenvalue weighted by Crippen LogP contribution is 2.23. The molecule has 1 atom stereocenters. The van der Waals surface area contributed by atoms with Crippen molar-refractivity contribution >= 4 is 15.9 Å². The normalized spacial score (nSPS) is 20.9. The Kier molecular flexibility index (Phi) is 4.62. The Balaban J connectivity index is 2.24. The van der Waals surface area contributed by atoms with Crippen molar-refractivity contribution in [1.82, 2.24) is 4.31 Å². The highest BCUT2D eigenvalue weighted by atomic mass is 32.2. The van der Waals surface area contributed by atoms with Crippen LogP contribution in [-0.2, 0) is 10.2 Å². The van der Waals surface area contributed by atoms with Gasteiger partial charge in [0.25, 0.3) is 0 Å². The summed E-state index contributed by atoms with van der Waals surface area (Å²) in [7, 11) is -3.70. The van der Waals surface area contributed by atoms with Gasteiger partial charge in [-0.3, -0.25) is 4.72 Å². The van der Waals surface area contributed by atoms with Gasteiger partial charge in [-0.05, 0) is 37.5 Å². The van der Waals surface area contributed by atoms with Gasteiger partial charge in [-0.25, -0.2) is 4.39 Å². The Morgan fingerprint density at radius 2 is 2.20 bits per heavy atom. The van der Waals surface area contributed by atoms with Gasteiger partial charge in [0.15, 0.2) is 0 Å². The van der Waals surface area contributed by atoms with Gasteiger partial charge in [0.1, 0.15) is 5.82 Å². The van der Waals surface area contributed by atoms with Crippen LogP contribution in [0.3, 0.4) is 0 Å². The molecule has 1 aromatic carbocycles. The minimum atomic E-state index is -3.70. The number of nitrogens with one attached hydrogen (secondary N) is 1. The predicted octanol–water partition coefficient (Wildman–Crippen LogP) is 1.60. The van der Waals surface area contributed by atoms with Crippen molar-refractivity contribution in [3.8, 4) is 0 Å². The first-order valence-electron chi connectivity index (χ1n) is 6.70. The molecule has 0 bridgehead atoms. The van der Waals surface area contributed by atoms with Crippen molar-refractivity contribution in [1.29, 1.82) is 0 Å². The zero-order valence-corrected chi connectivity index (χ0v) is 12.3. The summed E-state index contributed by atoms with van der Waals surface area (Å²) in [5.74, 6) is -0.470. The van der Waals surface area contributed by atoms with E-state index in [0.717, 1.165) is 19.3 Å². The van der Waals surface area contributed by atoms with E-state index in [2.05, 4.69) is 4.72 Å². The van der Waals surface area contributed by atoms with Crippen LogP contribution in [0.1, 0.15) is 24.8 Å². The van der Waals surface area contributed by atoms with E-state index in [1.54, 1.807) is 13.0 Å². The second kappa shape index (κ2) is 6.07. The molecule has 3 N–H and O–H groups in total. The van der Waals surface area contributed by atoms with Gasteiger partial charge in [-0.2, -0.15) is 12.7 Å². The molecule has 1 aliphatic rings. The zero-order valence-electron chi connectivity index (χ0n) is 11.5. The number of halogens is 1. The van der Waals surface area contributed by atoms with E-state index < -0.39 is 16.0 Å². The fourth-order valence-corrected chi connectivity index (χ4v) is 4.00. The van der Waals surface area contributed by atoms with Gasteiger partial charge >= 0.3 is 10.2 Å². The Labute approximate surface area is 119 Å². The van der Waals surface area contributed by atoms with Gasteiger partial charge in [0.2, 0.25) is 0 Å². The lowest BCUT2D eigenvalue weighted by Crippen LogP contribution is -2.49. The standard InChI is InChI=1S/C13H20FN3O2S/c1-10-5-6-11(14)8-13(10)16-20(18,19)17-7-3-2-4-12(17)9-15/h5-6,8,12,16H,2-4,7,9,15H2,1H3. The van der Waals surface area contributed by atoms with Crippen molar-refractivity contribution in [3.05, 3.63) is 29.6 Å². The molecule has 1 aliphatic heterocycles. The molecule has 0 radical (unpaired) electrons. The third-order valence-corrected chi connectivity index (χ3v) is 5.17. The number of nitrogens with two attached hydrogens (primary N) is 1. The highest BCUT2D eigenvalue weighted by Gasteiger charge is 2.31. The monoisotopic (exact) mass is 301 g/mol. The number of piperidine rings is 1. The van der Waals surface area contributed by atoms with E-state index in [4.69, 9.17) is 5.73 Å². The molecule has 1 fully saturated rings. The zero-order chi connectivity index (χ0) is 14.8. The Morgan fingerprint density at radius 3 is 2.90 bits per heavy atom. The quantitative estimate of drug-likeness (QED) is 0.887. The lowest BCUT2D eigenvalue weighted by atomic mass is 10.1. The summed E-state index contributed by atoms with van der Waals surface area (Å²) in [6.07, 6.45) is 2.56. The lowest BCUT2D eigenvalue weighted by Gasteiger charge is -2.34. The third kappa shape index (κ3) is 3.28. The molecule has 0 aliphatic carbocycles. The summed E-state index contributed by atoms with van der Waals surface area (Å²) in [4.78, 5) is 0. The van der Waals surface area contributed by atoms with Crippen molar-refractivity contribution in [3.63, 3.8) is 0 Å². The van der Waals surface area contributed by atoms with Crippen molar-refractivity contribution in [2.75, 3.05) is 17.8 Å². The maximum absolute atomic E-state index is 13.2. The van der Waals surface area contributed by atoms with Gasteiger partial charge in [0, 0.05) is 19.1 Å². The number of nitrogens with zero attached hydrogens (tertiary/aromatic N) is 1. The van der Waals surface area contributed by atoms with Gasteiger partial charge in [-0.1, -0.05) is 12.5 Å². The average Bonchev–Trinajstić information content (AvgIpc) is 2.42. The number of benzene rings is 1. The van der Waals surface area contributed by atoms with Crippen LogP contribution >= 0.6 is 0 Å². The SMILES string of the molecule is Cc1ccc(F)cc1NS(=O)(=O)N1CCCCC1CN. The maximum atomic E-state index is 13.2. The first-order chi connectivity index (χ1) is 9.44. The van der Waals surface area contributed by atoms with E-state index in [9.17, 15) is 12.8 Å². The van der Waals surface area contributed by atoms with Gasteiger partial charge in [0.05, 0.1) is 5.69 Å². The van der Waals surface area contributed by atoms with Crippen molar-refractivity contribution in [2.45, 2.75) is 32.2 Å². The van der Waals surface area contributed by atoms with E-state index in [1.807, 2.05) is 0 Å². The Hall–Kier alpha value is -1.18. The van der Waals surface area contributed by atoms with Crippen LogP contribution in [0.25, 0.3) is 0 Å². The summed E-state index contributed by atoms with van der Waals surface area (Å²) in [5, 5.41) is 0. The number of hydrogen-bond acceptors (Lipinski definition) is 3. The number of rotatable bonds is 4. The second-order valence-corrected chi connectivity index (χ2v) is 6.69. The first kappa shape index (κ1) is 15.2. The van der Waals surface area contributed by atoms with E-state index in [0.29, 0.717) is 18.7 Å². The van der Waals surface area contributed by atoms with Crippen LogP contribution in [0, 0.1) is 12.7 Å². The topological polar surface area (TPSA) is 75.4 Å². The van der Waals surface area contributed by atoms with Crippen LogP contribution in [0.4, 0.5) is 10.1 Å². The molecule has 1 aromatic rings. The molecular weight excluding hydrogens is 281 g/mol. The second-order valence-electron chi connectivity index (χ2n) is 5.06. The maximum Gasteiger partial charge on any atom is 0.301 e. The van der Waals surface area contributed by atoms with Crippen LogP contribution in [0.15, 0.2) is 18.2 Å². The number of hydrogen-bond donors (Lipinski definition) is 2. The Bertz CT molecular complexity index is 577. The molecule has 1 saturated heterocycles. The minimum Gasteiger partial charge on any atom is -0.329 e. The number of anilines is 1. The molecule has 1 heterocycles. The molecule has 0 spiro atoms. The first-order valence-corrected chi connectivity index (χ1v) is 8.14. The van der Waals surface area contributed by atoms with Gasteiger partial charge in [-0.15, -0.1) is 0 Å². The molecule has 2 rings (SSSR count). The molecule has 1 unspecified atom stereocenters. The van der Waals surface area contributed by atoms with Gasteiger partial charge < -0.3 is 5.73 Å². The summed E-state index contributed by atoms with van der Waals surface area (Å²) < 4.78 is 41.9. The fourth-order valence-electron chi connectivity index (χ4n) is 2.43. The average molecular weight is 301 g/mol. The smallest absolute Gasteiger partial charge is 0.301 e. The molecular formula is C13H20FN3O2S. The minimum absolute atomic E-state index is 0.185. The van der Waals surface area contributed by atoms with Crippen LogP contribution in [0.5, 0.6) is 0 Å². The van der Waals surface area contributed by atoms with E-state index in [-0.39, 0.29) is 11.7 Å². The molecule has 112 valence electrons. The van der Waals surface area contributed by atoms with E-state index >= 15 is 0 Å². The molecule has 0 saturated carbocycles. The van der Waals surface area contributed by atoms with Crippen LogP contribution < -0.4 is 10.5 Å². The third-order valence-electron chi connectivity index (χ3n) is 3.59. The van der Waals surface area contributed by atoms with Crippen molar-refractivity contribution < 1.29 is 12.8 Å². The summed E-state index contributed by atoms with van der Waals surface area (Å²) in [5.41, 5.74) is 6.59. The summed E-state index contributed by atoms with van der Waals surface area (Å²) in [6.45, 7) is 2.47. The molecule has 0 aromatic heterocycles. The fraction of sp³-hybridized carbons (Fsp3) is 0.538. The Morgan fingerprint density at radius 1 is 1.45 bits per heavy atom. The van der Waals surface area contributed by atoms with Crippen LogP contribution in [-0.4, -0.2) is 31.9 Å². The molecule has 7 heteroatoms. The molecule has 20 heavy (non-hydrogen) atoms. The molecule has 0 amide bonds. The summed E-state index contributed by atoms with van der Waals surface area (Å²) in [6, 6.07) is 3.85.